The first-order valence-electron chi connectivity index (χ1n) is 5.14. The van der Waals surface area contributed by atoms with E-state index in [1.165, 1.54) is 13.2 Å². The number of nitrogens with one attached hydrogen (secondary N) is 2. The number of benzene rings is 1. The predicted molar refractivity (Wildman–Crippen MR) is 62.8 cm³/mol. The summed E-state index contributed by atoms with van der Waals surface area (Å²) in [7, 11) is 1.51. The zero-order valence-corrected chi connectivity index (χ0v) is 9.77. The Hall–Kier alpha value is -1.76. The lowest BCUT2D eigenvalue weighted by atomic mass is 10.1. The Kier molecular flexibility index (Phi) is 4.55. The highest BCUT2D eigenvalue weighted by Gasteiger charge is 2.31. The topological polar surface area (TPSA) is 71.1 Å². The van der Waals surface area contributed by atoms with E-state index in [0.29, 0.717) is 18.8 Å². The van der Waals surface area contributed by atoms with E-state index in [0.717, 1.165) is 12.1 Å². The number of nitrogens with two attached hydrogens (primary N) is 1. The van der Waals surface area contributed by atoms with Crippen LogP contribution in [0.4, 0.5) is 18.9 Å². The molecular formula is C11H14F3N3O. The number of hydrogen-bond acceptors (Lipinski definition) is 3. The first kappa shape index (κ1) is 14.3. The summed E-state index contributed by atoms with van der Waals surface area (Å²) in [5, 5.41) is 10.2. The van der Waals surface area contributed by atoms with Gasteiger partial charge >= 0.3 is 6.18 Å². The van der Waals surface area contributed by atoms with Gasteiger partial charge in [-0.1, -0.05) is 0 Å². The van der Waals surface area contributed by atoms with E-state index in [1.807, 2.05) is 0 Å². The SMILES string of the molecule is COCCNc1ccc(C(F)(F)F)cc1C(=N)N. The Bertz CT molecular complexity index is 432. The smallest absolute Gasteiger partial charge is 0.384 e. The van der Waals surface area contributed by atoms with Gasteiger partial charge in [0, 0.05) is 24.9 Å². The molecule has 18 heavy (non-hydrogen) atoms. The third-order valence-corrected chi connectivity index (χ3v) is 2.26. The van der Waals surface area contributed by atoms with Crippen LogP contribution in [0.2, 0.25) is 0 Å². The van der Waals surface area contributed by atoms with Gasteiger partial charge in [-0.2, -0.15) is 13.2 Å². The highest BCUT2D eigenvalue weighted by molar-refractivity contribution is 6.00. The second-order valence-electron chi connectivity index (χ2n) is 3.59. The number of amidine groups is 1. The molecule has 4 nitrogen and oxygen atoms in total. The Morgan fingerprint density at radius 3 is 2.61 bits per heavy atom. The van der Waals surface area contributed by atoms with Gasteiger partial charge in [-0.05, 0) is 18.2 Å². The molecule has 0 bridgehead atoms. The first-order valence-corrected chi connectivity index (χ1v) is 5.14. The first-order chi connectivity index (χ1) is 8.36. The number of ether oxygens (including phenoxy) is 1. The van der Waals surface area contributed by atoms with E-state index in [4.69, 9.17) is 15.9 Å². The molecule has 100 valence electrons. The maximum Gasteiger partial charge on any atom is 0.416 e. The third kappa shape index (κ3) is 3.63. The normalized spacial score (nSPS) is 11.3. The van der Waals surface area contributed by atoms with Gasteiger partial charge in [0.25, 0.3) is 0 Å². The van der Waals surface area contributed by atoms with E-state index in [-0.39, 0.29) is 5.56 Å². The van der Waals surface area contributed by atoms with Crippen LogP contribution >= 0.6 is 0 Å². The fraction of sp³-hybridized carbons (Fsp3) is 0.364. The second-order valence-corrected chi connectivity index (χ2v) is 3.59. The van der Waals surface area contributed by atoms with Crippen molar-refractivity contribution in [1.29, 1.82) is 5.41 Å². The van der Waals surface area contributed by atoms with E-state index < -0.39 is 17.6 Å². The molecule has 0 heterocycles. The molecule has 0 atom stereocenters. The number of methoxy groups -OCH3 is 1. The lowest BCUT2D eigenvalue weighted by Gasteiger charge is -2.14. The predicted octanol–water partition coefficient (Wildman–Crippen LogP) is 2.05. The lowest BCUT2D eigenvalue weighted by molar-refractivity contribution is -0.137. The van der Waals surface area contributed by atoms with Crippen molar-refractivity contribution in [3.8, 4) is 0 Å². The maximum absolute atomic E-state index is 12.5. The van der Waals surface area contributed by atoms with E-state index in [2.05, 4.69) is 5.32 Å². The van der Waals surface area contributed by atoms with Gasteiger partial charge < -0.3 is 15.8 Å². The van der Waals surface area contributed by atoms with Crippen LogP contribution in [-0.4, -0.2) is 26.1 Å². The minimum atomic E-state index is -4.45. The van der Waals surface area contributed by atoms with Crippen molar-refractivity contribution < 1.29 is 17.9 Å². The molecule has 0 aliphatic heterocycles. The second kappa shape index (κ2) is 5.72. The molecule has 0 fully saturated rings. The molecule has 1 aromatic carbocycles. The van der Waals surface area contributed by atoms with Gasteiger partial charge in [-0.15, -0.1) is 0 Å². The average Bonchev–Trinajstić information content (AvgIpc) is 2.28. The summed E-state index contributed by atoms with van der Waals surface area (Å²) in [4.78, 5) is 0. The van der Waals surface area contributed by atoms with Crippen molar-refractivity contribution >= 4 is 11.5 Å². The highest BCUT2D eigenvalue weighted by atomic mass is 19.4. The molecule has 0 amide bonds. The van der Waals surface area contributed by atoms with Gasteiger partial charge in [0.2, 0.25) is 0 Å². The average molecular weight is 261 g/mol. The molecule has 1 aromatic rings. The molecule has 0 aliphatic rings. The summed E-state index contributed by atoms with van der Waals surface area (Å²) in [6, 6.07) is 3.06. The van der Waals surface area contributed by atoms with Crippen LogP contribution in [0.1, 0.15) is 11.1 Å². The number of anilines is 1. The van der Waals surface area contributed by atoms with Crippen molar-refractivity contribution in [3.63, 3.8) is 0 Å². The summed E-state index contributed by atoms with van der Waals surface area (Å²) < 4.78 is 42.4. The number of halogens is 3. The highest BCUT2D eigenvalue weighted by Crippen LogP contribution is 2.31. The Morgan fingerprint density at radius 2 is 2.11 bits per heavy atom. The minimum absolute atomic E-state index is 0.0286. The van der Waals surface area contributed by atoms with E-state index in [1.54, 1.807) is 0 Å². The molecule has 0 aromatic heterocycles. The zero-order valence-electron chi connectivity index (χ0n) is 9.77. The van der Waals surface area contributed by atoms with E-state index in [9.17, 15) is 13.2 Å². The largest absolute Gasteiger partial charge is 0.416 e. The maximum atomic E-state index is 12.5. The minimum Gasteiger partial charge on any atom is -0.384 e. The van der Waals surface area contributed by atoms with Crippen molar-refractivity contribution in [3.05, 3.63) is 29.3 Å². The van der Waals surface area contributed by atoms with Gasteiger partial charge in [-0.3, -0.25) is 5.41 Å². The fourth-order valence-corrected chi connectivity index (χ4v) is 1.39. The number of hydrogen-bond donors (Lipinski definition) is 3. The van der Waals surface area contributed by atoms with Crippen LogP contribution in [0.25, 0.3) is 0 Å². The van der Waals surface area contributed by atoms with Gasteiger partial charge in [-0.25, -0.2) is 0 Å². The standard InChI is InChI=1S/C11H14F3N3O/c1-18-5-4-17-9-3-2-7(11(12,13)14)6-8(9)10(15)16/h2-3,6,17H,4-5H2,1H3,(H3,15,16). The molecule has 1 rings (SSSR count). The van der Waals surface area contributed by atoms with Crippen molar-refractivity contribution in [2.75, 3.05) is 25.6 Å². The van der Waals surface area contributed by atoms with Crippen LogP contribution in [0.5, 0.6) is 0 Å². The molecule has 0 spiro atoms. The lowest BCUT2D eigenvalue weighted by Crippen LogP contribution is -2.18. The quantitative estimate of drug-likeness (QED) is 0.431. The Labute approximate surface area is 102 Å². The summed E-state index contributed by atoms with van der Waals surface area (Å²) in [6.07, 6.45) is -4.45. The number of alkyl halides is 3. The molecular weight excluding hydrogens is 247 g/mol. The van der Waals surface area contributed by atoms with Gasteiger partial charge in [0.1, 0.15) is 5.84 Å². The molecule has 4 N–H and O–H groups in total. The summed E-state index contributed by atoms with van der Waals surface area (Å²) >= 11 is 0. The Morgan fingerprint density at radius 1 is 1.44 bits per heavy atom. The van der Waals surface area contributed by atoms with Crippen LogP contribution in [-0.2, 0) is 10.9 Å². The van der Waals surface area contributed by atoms with Crippen molar-refractivity contribution in [2.24, 2.45) is 5.73 Å². The number of nitrogen functional groups attached to an aromatic ring is 1. The zero-order chi connectivity index (χ0) is 13.8. The van der Waals surface area contributed by atoms with Gasteiger partial charge in [0.05, 0.1) is 12.2 Å². The molecule has 0 radical (unpaired) electrons. The third-order valence-electron chi connectivity index (χ3n) is 2.26. The molecule has 0 saturated carbocycles. The number of rotatable bonds is 5. The van der Waals surface area contributed by atoms with Gasteiger partial charge in [0.15, 0.2) is 0 Å². The molecule has 0 unspecified atom stereocenters. The molecule has 0 aliphatic carbocycles. The van der Waals surface area contributed by atoms with Crippen LogP contribution in [0, 0.1) is 5.41 Å². The van der Waals surface area contributed by atoms with Crippen molar-refractivity contribution in [1.82, 2.24) is 0 Å². The molecule has 7 heteroatoms. The molecule has 0 saturated heterocycles. The fourth-order valence-electron chi connectivity index (χ4n) is 1.39. The summed E-state index contributed by atoms with van der Waals surface area (Å²) in [6.45, 7) is 0.820. The van der Waals surface area contributed by atoms with Crippen LogP contribution in [0.3, 0.4) is 0 Å². The van der Waals surface area contributed by atoms with Crippen LogP contribution < -0.4 is 11.1 Å². The summed E-state index contributed by atoms with van der Waals surface area (Å²) in [5.41, 5.74) is 4.86. The monoisotopic (exact) mass is 261 g/mol. The summed E-state index contributed by atoms with van der Waals surface area (Å²) in [5.74, 6) is -0.416. The van der Waals surface area contributed by atoms with E-state index >= 15 is 0 Å². The Balaban J connectivity index is 3.01. The van der Waals surface area contributed by atoms with Crippen molar-refractivity contribution in [2.45, 2.75) is 6.18 Å². The van der Waals surface area contributed by atoms with Crippen LogP contribution in [0.15, 0.2) is 18.2 Å².